The van der Waals surface area contributed by atoms with E-state index in [0.29, 0.717) is 17.4 Å². The third-order valence-corrected chi connectivity index (χ3v) is 5.04. The van der Waals surface area contributed by atoms with Crippen molar-refractivity contribution in [2.45, 2.75) is 45.6 Å². The lowest BCUT2D eigenvalue weighted by molar-refractivity contribution is -0.121. The van der Waals surface area contributed by atoms with Crippen molar-refractivity contribution >= 4 is 16.8 Å². The van der Waals surface area contributed by atoms with Crippen LogP contribution in [0.3, 0.4) is 0 Å². The molecule has 6 nitrogen and oxygen atoms in total. The van der Waals surface area contributed by atoms with Crippen LogP contribution in [0.1, 0.15) is 37.7 Å². The van der Waals surface area contributed by atoms with Gasteiger partial charge in [0, 0.05) is 6.54 Å². The quantitative estimate of drug-likeness (QED) is 0.805. The molecule has 0 radical (unpaired) electrons. The molecule has 1 aromatic carbocycles. The summed E-state index contributed by atoms with van der Waals surface area (Å²) < 4.78 is 1.38. The zero-order valence-corrected chi connectivity index (χ0v) is 15.5. The van der Waals surface area contributed by atoms with Gasteiger partial charge in [-0.05, 0) is 57.5 Å². The summed E-state index contributed by atoms with van der Waals surface area (Å²) in [6.07, 6.45) is 7.64. The third kappa shape index (κ3) is 4.69. The van der Waals surface area contributed by atoms with Gasteiger partial charge in [0.05, 0.1) is 17.2 Å². The number of likely N-dealkylation sites (tertiary alicyclic amines) is 1. The molecule has 1 amide bonds. The molecule has 2 heterocycles. The number of rotatable bonds is 6. The smallest absolute Gasteiger partial charge is 0.261 e. The fraction of sp³-hybridized carbons (Fsp3) is 0.550. The van der Waals surface area contributed by atoms with Crippen LogP contribution in [0.15, 0.2) is 29.3 Å². The Morgan fingerprint density at radius 3 is 2.73 bits per heavy atom. The molecule has 2 aromatic rings. The molecular formula is C20H28N4O2. The van der Waals surface area contributed by atoms with Crippen molar-refractivity contribution < 1.29 is 4.79 Å². The number of fused-ring (bicyclic) bond motifs is 1. The molecule has 26 heavy (non-hydrogen) atoms. The van der Waals surface area contributed by atoms with E-state index < -0.39 is 0 Å². The SMILES string of the molecule is Cc1cccc2c(=O)n(CC(=O)NCCCN3CCCCCC3)cnc12. The second-order valence-corrected chi connectivity index (χ2v) is 7.11. The molecule has 1 fully saturated rings. The molecule has 140 valence electrons. The number of benzene rings is 1. The lowest BCUT2D eigenvalue weighted by atomic mass is 10.1. The molecule has 6 heteroatoms. The van der Waals surface area contributed by atoms with E-state index in [2.05, 4.69) is 15.2 Å². The van der Waals surface area contributed by atoms with E-state index in [-0.39, 0.29) is 18.0 Å². The fourth-order valence-corrected chi connectivity index (χ4v) is 3.55. The van der Waals surface area contributed by atoms with Crippen molar-refractivity contribution in [1.82, 2.24) is 19.8 Å². The Morgan fingerprint density at radius 1 is 1.19 bits per heavy atom. The van der Waals surface area contributed by atoms with E-state index in [0.717, 1.165) is 18.5 Å². The first-order chi connectivity index (χ1) is 12.6. The normalized spacial score (nSPS) is 15.7. The van der Waals surface area contributed by atoms with Gasteiger partial charge < -0.3 is 10.2 Å². The van der Waals surface area contributed by atoms with E-state index in [1.54, 1.807) is 6.07 Å². The maximum absolute atomic E-state index is 12.5. The second kappa shape index (κ2) is 8.94. The van der Waals surface area contributed by atoms with Gasteiger partial charge in [0.15, 0.2) is 0 Å². The Bertz CT molecular complexity index is 807. The summed E-state index contributed by atoms with van der Waals surface area (Å²) in [4.78, 5) is 31.5. The van der Waals surface area contributed by atoms with Gasteiger partial charge >= 0.3 is 0 Å². The number of hydrogen-bond donors (Lipinski definition) is 1. The molecule has 0 atom stereocenters. The molecule has 0 unspecified atom stereocenters. The Morgan fingerprint density at radius 2 is 1.96 bits per heavy atom. The van der Waals surface area contributed by atoms with Crippen molar-refractivity contribution in [2.75, 3.05) is 26.2 Å². The summed E-state index contributed by atoms with van der Waals surface area (Å²) in [7, 11) is 0. The summed E-state index contributed by atoms with van der Waals surface area (Å²) >= 11 is 0. The lowest BCUT2D eigenvalue weighted by Gasteiger charge is -2.19. The zero-order valence-electron chi connectivity index (χ0n) is 15.5. The van der Waals surface area contributed by atoms with Gasteiger partial charge in [-0.25, -0.2) is 4.98 Å². The largest absolute Gasteiger partial charge is 0.354 e. The van der Waals surface area contributed by atoms with Crippen LogP contribution in [0.4, 0.5) is 0 Å². The van der Waals surface area contributed by atoms with Crippen molar-refractivity contribution in [3.05, 3.63) is 40.4 Å². The summed E-state index contributed by atoms with van der Waals surface area (Å²) in [5.41, 5.74) is 1.50. The van der Waals surface area contributed by atoms with Crippen LogP contribution >= 0.6 is 0 Å². The van der Waals surface area contributed by atoms with Gasteiger partial charge in [-0.3, -0.25) is 14.2 Å². The molecule has 0 bridgehead atoms. The third-order valence-electron chi connectivity index (χ3n) is 5.04. The Labute approximate surface area is 154 Å². The minimum atomic E-state index is -0.168. The monoisotopic (exact) mass is 356 g/mol. The van der Waals surface area contributed by atoms with E-state index in [9.17, 15) is 9.59 Å². The molecule has 1 saturated heterocycles. The van der Waals surface area contributed by atoms with Crippen molar-refractivity contribution in [3.8, 4) is 0 Å². The highest BCUT2D eigenvalue weighted by molar-refractivity contribution is 5.81. The Kier molecular flexibility index (Phi) is 6.39. The predicted molar refractivity (Wildman–Crippen MR) is 103 cm³/mol. The summed E-state index contributed by atoms with van der Waals surface area (Å²) in [5, 5.41) is 3.48. The maximum atomic E-state index is 12.5. The number of nitrogens with one attached hydrogen (secondary N) is 1. The van der Waals surface area contributed by atoms with E-state index >= 15 is 0 Å². The fourth-order valence-electron chi connectivity index (χ4n) is 3.55. The van der Waals surface area contributed by atoms with Crippen LogP contribution in [0, 0.1) is 6.92 Å². The topological polar surface area (TPSA) is 67.2 Å². The molecule has 0 saturated carbocycles. The molecule has 1 N–H and O–H groups in total. The summed E-state index contributed by atoms with van der Waals surface area (Å²) in [6.45, 7) is 5.95. The first kappa shape index (κ1) is 18.6. The lowest BCUT2D eigenvalue weighted by Crippen LogP contribution is -2.34. The van der Waals surface area contributed by atoms with Crippen LogP contribution in [-0.2, 0) is 11.3 Å². The highest BCUT2D eigenvalue weighted by Gasteiger charge is 2.10. The highest BCUT2D eigenvalue weighted by atomic mass is 16.2. The average Bonchev–Trinajstić information content (AvgIpc) is 2.90. The number of carbonyl (C=O) groups is 1. The van der Waals surface area contributed by atoms with Crippen LogP contribution < -0.4 is 10.9 Å². The van der Waals surface area contributed by atoms with Gasteiger partial charge in [0.25, 0.3) is 5.56 Å². The number of hydrogen-bond acceptors (Lipinski definition) is 4. The van der Waals surface area contributed by atoms with Crippen molar-refractivity contribution in [1.29, 1.82) is 0 Å². The Balaban J connectivity index is 1.50. The van der Waals surface area contributed by atoms with Crippen LogP contribution in [0.5, 0.6) is 0 Å². The first-order valence-corrected chi connectivity index (χ1v) is 9.59. The number of carbonyl (C=O) groups excluding carboxylic acids is 1. The van der Waals surface area contributed by atoms with Gasteiger partial charge in [0.1, 0.15) is 6.54 Å². The van der Waals surface area contributed by atoms with Gasteiger partial charge in [-0.1, -0.05) is 25.0 Å². The van der Waals surface area contributed by atoms with Crippen molar-refractivity contribution in [3.63, 3.8) is 0 Å². The standard InChI is InChI=1S/C20H28N4O2/c1-16-8-6-9-17-19(16)22-15-24(20(17)26)14-18(25)21-10-7-13-23-11-4-2-3-5-12-23/h6,8-9,15H,2-5,7,10-14H2,1H3,(H,21,25). The Hall–Kier alpha value is -2.21. The zero-order chi connectivity index (χ0) is 18.4. The minimum Gasteiger partial charge on any atom is -0.354 e. The van der Waals surface area contributed by atoms with E-state index in [4.69, 9.17) is 0 Å². The van der Waals surface area contributed by atoms with Gasteiger partial charge in [-0.2, -0.15) is 0 Å². The van der Waals surface area contributed by atoms with Crippen molar-refractivity contribution in [2.24, 2.45) is 0 Å². The number of aromatic nitrogens is 2. The molecule has 3 rings (SSSR count). The molecule has 0 spiro atoms. The highest BCUT2D eigenvalue weighted by Crippen LogP contribution is 2.11. The van der Waals surface area contributed by atoms with Gasteiger partial charge in [0.2, 0.25) is 5.91 Å². The van der Waals surface area contributed by atoms with E-state index in [1.807, 2.05) is 19.1 Å². The first-order valence-electron chi connectivity index (χ1n) is 9.59. The minimum absolute atomic E-state index is 0.0133. The molecule has 1 aliphatic heterocycles. The predicted octanol–water partition coefficient (Wildman–Crippen LogP) is 2.09. The molecule has 1 aromatic heterocycles. The molecular weight excluding hydrogens is 328 g/mol. The molecule has 0 aliphatic carbocycles. The summed E-state index contributed by atoms with van der Waals surface area (Å²) in [6, 6.07) is 5.53. The van der Waals surface area contributed by atoms with E-state index in [1.165, 1.54) is 49.7 Å². The van der Waals surface area contributed by atoms with Crippen LogP contribution in [0.2, 0.25) is 0 Å². The number of para-hydroxylation sites is 1. The average molecular weight is 356 g/mol. The number of nitrogens with zero attached hydrogens (tertiary/aromatic N) is 3. The number of amides is 1. The van der Waals surface area contributed by atoms with Crippen LogP contribution in [0.25, 0.3) is 10.9 Å². The second-order valence-electron chi connectivity index (χ2n) is 7.11. The van der Waals surface area contributed by atoms with Gasteiger partial charge in [-0.15, -0.1) is 0 Å². The summed E-state index contributed by atoms with van der Waals surface area (Å²) in [5.74, 6) is -0.142. The molecule has 1 aliphatic rings. The number of aryl methyl sites for hydroxylation is 1. The van der Waals surface area contributed by atoms with Crippen LogP contribution in [-0.4, -0.2) is 46.5 Å². The maximum Gasteiger partial charge on any atom is 0.261 e.